The fourth-order valence-electron chi connectivity index (χ4n) is 2.93. The van der Waals surface area contributed by atoms with Crippen molar-refractivity contribution < 1.29 is 14.4 Å². The summed E-state index contributed by atoms with van der Waals surface area (Å²) in [6.07, 6.45) is 0. The summed E-state index contributed by atoms with van der Waals surface area (Å²) in [5.41, 5.74) is 0.596. The zero-order valence-corrected chi connectivity index (χ0v) is 13.8. The number of amides is 4. The van der Waals surface area contributed by atoms with E-state index >= 15 is 0 Å². The Morgan fingerprint density at radius 1 is 1.29 bits per heavy atom. The number of imide groups is 1. The highest BCUT2D eigenvalue weighted by molar-refractivity contribution is 6.07. The molecule has 0 aromatic heterocycles. The molecule has 0 bridgehead atoms. The molecule has 7 heteroatoms. The van der Waals surface area contributed by atoms with Crippen LogP contribution in [0.25, 0.3) is 0 Å². The Morgan fingerprint density at radius 2 is 1.96 bits per heavy atom. The van der Waals surface area contributed by atoms with Gasteiger partial charge in [0.1, 0.15) is 5.54 Å². The normalized spacial score (nSPS) is 24.8. The highest BCUT2D eigenvalue weighted by Crippen LogP contribution is 2.24. The molecule has 4 amide bonds. The van der Waals surface area contributed by atoms with Crippen LogP contribution in [0.3, 0.4) is 0 Å². The number of carbonyl (C=O) groups excluding carboxylic acids is 3. The summed E-state index contributed by atoms with van der Waals surface area (Å²) < 4.78 is 0. The van der Waals surface area contributed by atoms with Crippen molar-refractivity contribution in [2.45, 2.75) is 25.9 Å². The molecule has 2 saturated heterocycles. The predicted molar refractivity (Wildman–Crippen MR) is 87.8 cm³/mol. The third kappa shape index (κ3) is 2.99. The molecular formula is C17H22N4O3. The number of benzene rings is 1. The van der Waals surface area contributed by atoms with Crippen LogP contribution < -0.4 is 21.3 Å². The van der Waals surface area contributed by atoms with Gasteiger partial charge in [0, 0.05) is 12.5 Å². The SMILES string of the molecule is CC(C(=O)NCc1ccc(C2(C)NC(=O)NC2=O)cc1)C1CNC1. The van der Waals surface area contributed by atoms with Gasteiger partial charge in [-0.15, -0.1) is 0 Å². The third-order valence-corrected chi connectivity index (χ3v) is 4.98. The maximum Gasteiger partial charge on any atom is 0.322 e. The van der Waals surface area contributed by atoms with E-state index in [0.717, 1.165) is 18.7 Å². The monoisotopic (exact) mass is 330 g/mol. The van der Waals surface area contributed by atoms with Crippen LogP contribution >= 0.6 is 0 Å². The molecule has 2 atom stereocenters. The number of rotatable bonds is 5. The molecule has 1 aromatic carbocycles. The Kier molecular flexibility index (Phi) is 4.28. The Labute approximate surface area is 140 Å². The van der Waals surface area contributed by atoms with E-state index in [1.807, 2.05) is 19.1 Å². The summed E-state index contributed by atoms with van der Waals surface area (Å²) in [5, 5.41) is 11.0. The first-order valence-corrected chi connectivity index (χ1v) is 8.11. The quantitative estimate of drug-likeness (QED) is 0.580. The molecular weight excluding hydrogens is 308 g/mol. The van der Waals surface area contributed by atoms with Crippen LogP contribution in [-0.2, 0) is 21.7 Å². The zero-order valence-electron chi connectivity index (χ0n) is 13.8. The van der Waals surface area contributed by atoms with Crippen molar-refractivity contribution in [3.05, 3.63) is 35.4 Å². The van der Waals surface area contributed by atoms with Gasteiger partial charge in [0.25, 0.3) is 5.91 Å². The molecule has 2 aliphatic heterocycles. The van der Waals surface area contributed by atoms with Gasteiger partial charge < -0.3 is 16.0 Å². The molecule has 0 spiro atoms. The first-order chi connectivity index (χ1) is 11.4. The molecule has 0 radical (unpaired) electrons. The Bertz CT molecular complexity index is 669. The summed E-state index contributed by atoms with van der Waals surface area (Å²) in [4.78, 5) is 35.4. The van der Waals surface area contributed by atoms with E-state index in [1.54, 1.807) is 19.1 Å². The average Bonchev–Trinajstić information content (AvgIpc) is 2.77. The fraction of sp³-hybridized carbons (Fsp3) is 0.471. The Morgan fingerprint density at radius 3 is 2.46 bits per heavy atom. The van der Waals surface area contributed by atoms with Gasteiger partial charge in [-0.25, -0.2) is 4.79 Å². The first-order valence-electron chi connectivity index (χ1n) is 8.11. The second kappa shape index (κ2) is 6.24. The molecule has 0 aliphatic carbocycles. The average molecular weight is 330 g/mol. The maximum atomic E-state index is 12.1. The largest absolute Gasteiger partial charge is 0.352 e. The summed E-state index contributed by atoms with van der Waals surface area (Å²) in [7, 11) is 0. The van der Waals surface area contributed by atoms with E-state index < -0.39 is 11.6 Å². The summed E-state index contributed by atoms with van der Waals surface area (Å²) >= 11 is 0. The molecule has 1 aromatic rings. The van der Waals surface area contributed by atoms with Gasteiger partial charge >= 0.3 is 6.03 Å². The van der Waals surface area contributed by atoms with Crippen LogP contribution in [0.15, 0.2) is 24.3 Å². The molecule has 2 fully saturated rings. The molecule has 0 saturated carbocycles. The Hall–Kier alpha value is -2.41. The van der Waals surface area contributed by atoms with Crippen LogP contribution in [0.4, 0.5) is 4.79 Å². The van der Waals surface area contributed by atoms with Crippen LogP contribution in [0.2, 0.25) is 0 Å². The smallest absolute Gasteiger partial charge is 0.322 e. The van der Waals surface area contributed by atoms with Gasteiger partial charge in [-0.1, -0.05) is 31.2 Å². The molecule has 2 heterocycles. The van der Waals surface area contributed by atoms with Crippen LogP contribution in [0, 0.1) is 11.8 Å². The minimum Gasteiger partial charge on any atom is -0.352 e. The van der Waals surface area contributed by atoms with E-state index in [4.69, 9.17) is 0 Å². The number of hydrogen-bond donors (Lipinski definition) is 4. The summed E-state index contributed by atoms with van der Waals surface area (Å²) in [6, 6.07) is 6.82. The van der Waals surface area contributed by atoms with Crippen molar-refractivity contribution >= 4 is 17.8 Å². The standard InChI is InChI=1S/C17H22N4O3/c1-10(12-8-18-9-12)14(22)19-7-11-3-5-13(6-4-11)17(2)15(23)20-16(24)21-17/h3-6,10,12,18H,7-9H2,1-2H3,(H,19,22)(H2,20,21,23,24). The van der Waals surface area contributed by atoms with Gasteiger partial charge in [0.2, 0.25) is 5.91 Å². The Balaban J connectivity index is 1.59. The number of nitrogens with one attached hydrogen (secondary N) is 4. The topological polar surface area (TPSA) is 99.3 Å². The highest BCUT2D eigenvalue weighted by atomic mass is 16.2. The zero-order chi connectivity index (χ0) is 17.3. The molecule has 128 valence electrons. The van der Waals surface area contributed by atoms with Gasteiger partial charge in [-0.2, -0.15) is 0 Å². The van der Waals surface area contributed by atoms with Gasteiger partial charge in [0.15, 0.2) is 0 Å². The third-order valence-electron chi connectivity index (χ3n) is 4.98. The second-order valence-corrected chi connectivity index (χ2v) is 6.65. The molecule has 2 aliphatic rings. The molecule has 4 N–H and O–H groups in total. The maximum absolute atomic E-state index is 12.1. The van der Waals surface area contributed by atoms with Crippen LogP contribution in [-0.4, -0.2) is 30.9 Å². The number of urea groups is 1. The van der Waals surface area contributed by atoms with Crippen molar-refractivity contribution in [1.82, 2.24) is 21.3 Å². The molecule has 2 unspecified atom stereocenters. The van der Waals surface area contributed by atoms with Gasteiger partial charge in [-0.3, -0.25) is 14.9 Å². The molecule has 24 heavy (non-hydrogen) atoms. The predicted octanol–water partition coefficient (Wildman–Crippen LogP) is 0.213. The minimum absolute atomic E-state index is 0.00170. The number of hydrogen-bond acceptors (Lipinski definition) is 4. The van der Waals surface area contributed by atoms with E-state index in [9.17, 15) is 14.4 Å². The van der Waals surface area contributed by atoms with Crippen molar-refractivity contribution in [3.8, 4) is 0 Å². The van der Waals surface area contributed by atoms with Crippen LogP contribution in [0.5, 0.6) is 0 Å². The van der Waals surface area contributed by atoms with Gasteiger partial charge in [0.05, 0.1) is 0 Å². The van der Waals surface area contributed by atoms with Crippen LogP contribution in [0.1, 0.15) is 25.0 Å². The van der Waals surface area contributed by atoms with E-state index in [2.05, 4.69) is 21.3 Å². The summed E-state index contributed by atoms with van der Waals surface area (Å²) in [5.74, 6) is 0.107. The second-order valence-electron chi connectivity index (χ2n) is 6.65. The van der Waals surface area contributed by atoms with E-state index in [1.165, 1.54) is 0 Å². The van der Waals surface area contributed by atoms with Gasteiger partial charge in [-0.05, 0) is 37.1 Å². The van der Waals surface area contributed by atoms with Crippen molar-refractivity contribution in [1.29, 1.82) is 0 Å². The van der Waals surface area contributed by atoms with Crippen molar-refractivity contribution in [2.75, 3.05) is 13.1 Å². The minimum atomic E-state index is -1.05. The fourth-order valence-corrected chi connectivity index (χ4v) is 2.93. The molecule has 3 rings (SSSR count). The first kappa shape index (κ1) is 16.4. The van der Waals surface area contributed by atoms with Crippen molar-refractivity contribution in [2.24, 2.45) is 11.8 Å². The summed E-state index contributed by atoms with van der Waals surface area (Å²) in [6.45, 7) is 5.86. The highest BCUT2D eigenvalue weighted by Gasteiger charge is 2.43. The molecule has 7 nitrogen and oxygen atoms in total. The van der Waals surface area contributed by atoms with E-state index in [-0.39, 0.29) is 17.7 Å². The van der Waals surface area contributed by atoms with E-state index in [0.29, 0.717) is 18.0 Å². The number of carbonyl (C=O) groups is 3. The lowest BCUT2D eigenvalue weighted by atomic mass is 9.88. The lowest BCUT2D eigenvalue weighted by Crippen LogP contribution is -2.49. The lowest BCUT2D eigenvalue weighted by molar-refractivity contribution is -0.127. The van der Waals surface area contributed by atoms with Crippen molar-refractivity contribution in [3.63, 3.8) is 0 Å². The lowest BCUT2D eigenvalue weighted by Gasteiger charge is -2.31.